The molecule has 0 radical (unpaired) electrons. The largest absolute Gasteiger partial charge is 0.497 e. The monoisotopic (exact) mass is 243 g/mol. The highest BCUT2D eigenvalue weighted by Gasteiger charge is 2.07. The van der Waals surface area contributed by atoms with E-state index >= 15 is 0 Å². The summed E-state index contributed by atoms with van der Waals surface area (Å²) in [6, 6.07) is 15.2. The molecule has 2 aromatic carbocycles. The van der Waals surface area contributed by atoms with Crippen molar-refractivity contribution >= 4 is 0 Å². The first kappa shape index (κ1) is 12.5. The van der Waals surface area contributed by atoms with Crippen molar-refractivity contribution in [2.24, 2.45) is 5.73 Å². The molecule has 94 valence electrons. The first-order valence-corrected chi connectivity index (χ1v) is 5.87. The fourth-order valence-electron chi connectivity index (χ4n) is 1.72. The van der Waals surface area contributed by atoms with Crippen LogP contribution < -0.4 is 15.2 Å². The van der Waals surface area contributed by atoms with E-state index in [2.05, 4.69) is 0 Å². The van der Waals surface area contributed by atoms with Crippen molar-refractivity contribution in [3.63, 3.8) is 0 Å². The summed E-state index contributed by atoms with van der Waals surface area (Å²) >= 11 is 0. The lowest BCUT2D eigenvalue weighted by molar-refractivity contribution is 0.412. The van der Waals surface area contributed by atoms with E-state index in [9.17, 15) is 0 Å². The third-order valence-electron chi connectivity index (χ3n) is 2.70. The molecule has 0 heterocycles. The van der Waals surface area contributed by atoms with Crippen LogP contribution in [0.3, 0.4) is 0 Å². The molecule has 0 saturated carbocycles. The summed E-state index contributed by atoms with van der Waals surface area (Å²) in [6.07, 6.45) is 0. The summed E-state index contributed by atoms with van der Waals surface area (Å²) in [7, 11) is 1.64. The van der Waals surface area contributed by atoms with E-state index in [4.69, 9.17) is 15.2 Å². The summed E-state index contributed by atoms with van der Waals surface area (Å²) in [5, 5.41) is 0. The summed E-state index contributed by atoms with van der Waals surface area (Å²) in [5.41, 5.74) is 6.91. The van der Waals surface area contributed by atoms with Crippen molar-refractivity contribution in [2.45, 2.75) is 13.0 Å². The SMILES string of the molecule is COc1ccc(Oc2ccccc2[C@@H](C)N)cc1. The number of hydrogen-bond donors (Lipinski definition) is 1. The Labute approximate surface area is 107 Å². The molecule has 0 bridgehead atoms. The lowest BCUT2D eigenvalue weighted by atomic mass is 10.1. The number of rotatable bonds is 4. The van der Waals surface area contributed by atoms with E-state index in [1.54, 1.807) is 7.11 Å². The molecular weight excluding hydrogens is 226 g/mol. The zero-order valence-electron chi connectivity index (χ0n) is 10.6. The predicted molar refractivity (Wildman–Crippen MR) is 72.1 cm³/mol. The van der Waals surface area contributed by atoms with Gasteiger partial charge in [-0.05, 0) is 37.3 Å². The number of nitrogens with two attached hydrogens (primary N) is 1. The van der Waals surface area contributed by atoms with Crippen molar-refractivity contribution in [1.82, 2.24) is 0 Å². The Morgan fingerprint density at radius 1 is 0.944 bits per heavy atom. The fraction of sp³-hybridized carbons (Fsp3) is 0.200. The molecule has 0 saturated heterocycles. The van der Waals surface area contributed by atoms with Crippen LogP contribution in [0.1, 0.15) is 18.5 Å². The smallest absolute Gasteiger partial charge is 0.132 e. The highest BCUT2D eigenvalue weighted by molar-refractivity contribution is 5.40. The summed E-state index contributed by atoms with van der Waals surface area (Å²) in [4.78, 5) is 0. The van der Waals surface area contributed by atoms with Gasteiger partial charge in [-0.15, -0.1) is 0 Å². The van der Waals surface area contributed by atoms with Crippen LogP contribution in [-0.4, -0.2) is 7.11 Å². The second-order valence-electron chi connectivity index (χ2n) is 4.10. The van der Waals surface area contributed by atoms with Gasteiger partial charge in [0.1, 0.15) is 17.2 Å². The molecule has 2 aromatic rings. The van der Waals surface area contributed by atoms with E-state index < -0.39 is 0 Å². The Balaban J connectivity index is 2.22. The van der Waals surface area contributed by atoms with E-state index in [1.807, 2.05) is 55.5 Å². The van der Waals surface area contributed by atoms with Crippen LogP contribution in [0.15, 0.2) is 48.5 Å². The molecule has 0 aromatic heterocycles. The lowest BCUT2D eigenvalue weighted by Gasteiger charge is -2.13. The quantitative estimate of drug-likeness (QED) is 0.893. The van der Waals surface area contributed by atoms with Gasteiger partial charge >= 0.3 is 0 Å². The summed E-state index contributed by atoms with van der Waals surface area (Å²) < 4.78 is 10.9. The second kappa shape index (κ2) is 5.56. The van der Waals surface area contributed by atoms with Gasteiger partial charge in [0.25, 0.3) is 0 Å². The van der Waals surface area contributed by atoms with Gasteiger partial charge in [0.05, 0.1) is 7.11 Å². The molecule has 2 N–H and O–H groups in total. The van der Waals surface area contributed by atoms with E-state index in [0.29, 0.717) is 0 Å². The van der Waals surface area contributed by atoms with Crippen LogP contribution in [0.2, 0.25) is 0 Å². The molecule has 0 aliphatic heterocycles. The van der Waals surface area contributed by atoms with E-state index in [1.165, 1.54) is 0 Å². The minimum absolute atomic E-state index is 0.0561. The van der Waals surface area contributed by atoms with Gasteiger partial charge in [-0.3, -0.25) is 0 Å². The molecule has 3 nitrogen and oxygen atoms in total. The first-order chi connectivity index (χ1) is 8.70. The molecule has 3 heteroatoms. The molecule has 0 amide bonds. The molecule has 0 spiro atoms. The maximum atomic E-state index is 5.91. The normalized spacial score (nSPS) is 11.9. The maximum absolute atomic E-state index is 5.91. The van der Waals surface area contributed by atoms with Crippen LogP contribution in [0.4, 0.5) is 0 Å². The number of hydrogen-bond acceptors (Lipinski definition) is 3. The van der Waals surface area contributed by atoms with Crippen molar-refractivity contribution in [3.8, 4) is 17.2 Å². The Morgan fingerprint density at radius 3 is 2.17 bits per heavy atom. The number of methoxy groups -OCH3 is 1. The Bertz CT molecular complexity index is 506. The van der Waals surface area contributed by atoms with Gasteiger partial charge in [-0.25, -0.2) is 0 Å². The van der Waals surface area contributed by atoms with Crippen LogP contribution >= 0.6 is 0 Å². The van der Waals surface area contributed by atoms with Crippen LogP contribution in [0, 0.1) is 0 Å². The highest BCUT2D eigenvalue weighted by atomic mass is 16.5. The zero-order valence-corrected chi connectivity index (χ0v) is 10.6. The number of ether oxygens (including phenoxy) is 2. The average Bonchev–Trinajstić information content (AvgIpc) is 2.40. The average molecular weight is 243 g/mol. The second-order valence-corrected chi connectivity index (χ2v) is 4.10. The van der Waals surface area contributed by atoms with E-state index in [0.717, 1.165) is 22.8 Å². The predicted octanol–water partition coefficient (Wildman–Crippen LogP) is 3.51. The van der Waals surface area contributed by atoms with Gasteiger partial charge in [-0.1, -0.05) is 18.2 Å². The Hall–Kier alpha value is -2.00. The van der Waals surface area contributed by atoms with Crippen molar-refractivity contribution in [3.05, 3.63) is 54.1 Å². The Kier molecular flexibility index (Phi) is 3.85. The molecule has 1 atom stereocenters. The summed E-state index contributed by atoms with van der Waals surface area (Å²) in [6.45, 7) is 1.94. The van der Waals surface area contributed by atoms with Gasteiger partial charge in [-0.2, -0.15) is 0 Å². The molecule has 0 aliphatic carbocycles. The van der Waals surface area contributed by atoms with Crippen molar-refractivity contribution in [1.29, 1.82) is 0 Å². The number of para-hydroxylation sites is 1. The van der Waals surface area contributed by atoms with Gasteiger partial charge in [0.2, 0.25) is 0 Å². The van der Waals surface area contributed by atoms with Gasteiger partial charge in [0, 0.05) is 11.6 Å². The first-order valence-electron chi connectivity index (χ1n) is 5.87. The highest BCUT2D eigenvalue weighted by Crippen LogP contribution is 2.29. The molecular formula is C15H17NO2. The number of benzene rings is 2. The van der Waals surface area contributed by atoms with Gasteiger partial charge in [0.15, 0.2) is 0 Å². The molecule has 0 unspecified atom stereocenters. The minimum Gasteiger partial charge on any atom is -0.497 e. The van der Waals surface area contributed by atoms with E-state index in [-0.39, 0.29) is 6.04 Å². The molecule has 0 aliphatic rings. The molecule has 18 heavy (non-hydrogen) atoms. The summed E-state index contributed by atoms with van der Waals surface area (Å²) in [5.74, 6) is 2.37. The van der Waals surface area contributed by atoms with Crippen molar-refractivity contribution in [2.75, 3.05) is 7.11 Å². The van der Waals surface area contributed by atoms with Crippen LogP contribution in [0.5, 0.6) is 17.2 Å². The van der Waals surface area contributed by atoms with Crippen LogP contribution in [0.25, 0.3) is 0 Å². The standard InChI is InChI=1S/C15H17NO2/c1-11(16)14-5-3-4-6-15(14)18-13-9-7-12(17-2)8-10-13/h3-11H,16H2,1-2H3/t11-/m1/s1. The van der Waals surface area contributed by atoms with Gasteiger partial charge < -0.3 is 15.2 Å². The minimum atomic E-state index is -0.0561. The topological polar surface area (TPSA) is 44.5 Å². The Morgan fingerprint density at radius 2 is 1.56 bits per heavy atom. The fourth-order valence-corrected chi connectivity index (χ4v) is 1.72. The molecule has 2 rings (SSSR count). The van der Waals surface area contributed by atoms with Crippen molar-refractivity contribution < 1.29 is 9.47 Å². The lowest BCUT2D eigenvalue weighted by Crippen LogP contribution is -2.06. The molecule has 0 fully saturated rings. The third-order valence-corrected chi connectivity index (χ3v) is 2.70. The third kappa shape index (κ3) is 2.81. The van der Waals surface area contributed by atoms with Crippen LogP contribution in [-0.2, 0) is 0 Å². The zero-order chi connectivity index (χ0) is 13.0. The maximum Gasteiger partial charge on any atom is 0.132 e.